The first kappa shape index (κ1) is 21.3. The Hall–Kier alpha value is -3.44. The van der Waals surface area contributed by atoms with Gasteiger partial charge in [0.25, 0.3) is 0 Å². The van der Waals surface area contributed by atoms with E-state index >= 15 is 0 Å². The molecule has 30 heavy (non-hydrogen) atoms. The van der Waals surface area contributed by atoms with Gasteiger partial charge >= 0.3 is 0 Å². The van der Waals surface area contributed by atoms with Gasteiger partial charge in [0.2, 0.25) is 11.8 Å². The summed E-state index contributed by atoms with van der Waals surface area (Å²) in [6, 6.07) is 11.4. The fraction of sp³-hybridized carbons (Fsp3) is 0.227. The monoisotopic (exact) mass is 422 g/mol. The van der Waals surface area contributed by atoms with Gasteiger partial charge in [0.1, 0.15) is 5.76 Å². The smallest absolute Gasteiger partial charge is 0.247 e. The highest BCUT2D eigenvalue weighted by atomic mass is 32.2. The van der Waals surface area contributed by atoms with Crippen LogP contribution in [-0.2, 0) is 9.59 Å². The third-order valence-electron chi connectivity index (χ3n) is 4.76. The van der Waals surface area contributed by atoms with Crippen LogP contribution in [0.15, 0.2) is 62.9 Å². The molecule has 2 aromatic rings. The summed E-state index contributed by atoms with van der Waals surface area (Å²) in [6.07, 6.45) is 1.48. The van der Waals surface area contributed by atoms with E-state index < -0.39 is 11.8 Å². The number of carbonyl (C=O) groups is 2. The van der Waals surface area contributed by atoms with Crippen molar-refractivity contribution in [2.45, 2.75) is 26.7 Å². The number of benzene rings is 1. The lowest BCUT2D eigenvalue weighted by Gasteiger charge is -2.27. The topological polar surface area (TPSA) is 121 Å². The molecule has 2 heterocycles. The van der Waals surface area contributed by atoms with Crippen molar-refractivity contribution < 1.29 is 14.0 Å². The number of rotatable bonds is 6. The number of nitrogens with zero attached hydrogens (tertiary/aromatic N) is 1. The largest absolute Gasteiger partial charge is 0.468 e. The number of amides is 2. The van der Waals surface area contributed by atoms with E-state index in [4.69, 9.17) is 10.2 Å². The molecular formula is C22H22N4O3S. The van der Waals surface area contributed by atoms with Crippen molar-refractivity contribution >= 4 is 29.3 Å². The molecule has 0 saturated carbocycles. The summed E-state index contributed by atoms with van der Waals surface area (Å²) in [5, 5.41) is 16.3. The average Bonchev–Trinajstić information content (AvgIpc) is 3.22. The number of anilines is 1. The summed E-state index contributed by atoms with van der Waals surface area (Å²) in [5.74, 6) is -1.01. The van der Waals surface area contributed by atoms with Crippen LogP contribution in [0, 0.1) is 25.2 Å². The molecule has 0 radical (unpaired) electrons. The van der Waals surface area contributed by atoms with Crippen LogP contribution in [0.25, 0.3) is 0 Å². The fourth-order valence-electron chi connectivity index (χ4n) is 3.29. The van der Waals surface area contributed by atoms with Crippen LogP contribution in [-0.4, -0.2) is 17.6 Å². The number of nitrogens with two attached hydrogens (primary N) is 1. The van der Waals surface area contributed by atoms with Crippen LogP contribution >= 0.6 is 11.8 Å². The second-order valence-corrected chi connectivity index (χ2v) is 7.97. The van der Waals surface area contributed by atoms with Gasteiger partial charge in [-0.1, -0.05) is 23.9 Å². The van der Waals surface area contributed by atoms with Gasteiger partial charge in [0.15, 0.2) is 0 Å². The van der Waals surface area contributed by atoms with Gasteiger partial charge in [-0.25, -0.2) is 0 Å². The van der Waals surface area contributed by atoms with E-state index in [0.29, 0.717) is 16.5 Å². The lowest BCUT2D eigenvalue weighted by molar-refractivity contribution is -0.115. The third kappa shape index (κ3) is 4.42. The zero-order valence-electron chi connectivity index (χ0n) is 16.9. The van der Waals surface area contributed by atoms with Gasteiger partial charge in [-0.05, 0) is 50.1 Å². The number of furan rings is 1. The van der Waals surface area contributed by atoms with E-state index in [1.807, 2.05) is 32.0 Å². The second kappa shape index (κ2) is 8.93. The molecule has 3 rings (SSSR count). The first-order chi connectivity index (χ1) is 14.3. The molecule has 0 bridgehead atoms. The van der Waals surface area contributed by atoms with Crippen molar-refractivity contribution in [3.63, 3.8) is 0 Å². The Morgan fingerprint density at radius 1 is 1.30 bits per heavy atom. The molecule has 0 aliphatic carbocycles. The Morgan fingerprint density at radius 2 is 2.07 bits per heavy atom. The van der Waals surface area contributed by atoms with Crippen LogP contribution < -0.4 is 16.4 Å². The number of nitrogens with one attached hydrogen (secondary N) is 2. The molecule has 0 unspecified atom stereocenters. The van der Waals surface area contributed by atoms with Crippen molar-refractivity contribution in [2.75, 3.05) is 11.1 Å². The van der Waals surface area contributed by atoms with E-state index in [2.05, 4.69) is 16.7 Å². The van der Waals surface area contributed by atoms with Crippen molar-refractivity contribution in [3.05, 3.63) is 75.4 Å². The fourth-order valence-corrected chi connectivity index (χ4v) is 4.18. The Bertz CT molecular complexity index is 1090. The first-order valence-electron chi connectivity index (χ1n) is 9.27. The van der Waals surface area contributed by atoms with Crippen molar-refractivity contribution in [1.29, 1.82) is 5.26 Å². The Kier molecular flexibility index (Phi) is 6.33. The highest BCUT2D eigenvalue weighted by Gasteiger charge is 2.35. The molecule has 154 valence electrons. The standard InChI is InChI=1S/C22H22N4O3S/c1-12-6-7-13(2)16(9-12)26-18(27)11-30-22-15(10-23)20(17-5-4-8-29-17)19(21(24)28)14(3)25-22/h4-9,20,25H,11H2,1-3H3,(H2,24,28)(H,26,27)/t20-/m1/s1. The van der Waals surface area contributed by atoms with Gasteiger partial charge in [-0.2, -0.15) is 5.26 Å². The molecule has 1 aromatic carbocycles. The number of allylic oxidation sites excluding steroid dienone is 2. The maximum absolute atomic E-state index is 12.5. The van der Waals surface area contributed by atoms with Gasteiger partial charge in [0.05, 0.1) is 40.2 Å². The quantitative estimate of drug-likeness (QED) is 0.656. The number of carbonyl (C=O) groups excluding carboxylic acids is 2. The molecule has 1 atom stereocenters. The molecule has 0 saturated heterocycles. The summed E-state index contributed by atoms with van der Waals surface area (Å²) < 4.78 is 5.47. The Labute approximate surface area is 179 Å². The van der Waals surface area contributed by atoms with Crippen molar-refractivity contribution in [2.24, 2.45) is 5.73 Å². The van der Waals surface area contributed by atoms with E-state index in [1.165, 1.54) is 18.0 Å². The molecule has 8 heteroatoms. The zero-order valence-corrected chi connectivity index (χ0v) is 17.7. The minimum atomic E-state index is -0.715. The van der Waals surface area contributed by atoms with Crippen molar-refractivity contribution in [3.8, 4) is 6.07 Å². The van der Waals surface area contributed by atoms with Gasteiger partial charge in [-0.3, -0.25) is 9.59 Å². The van der Waals surface area contributed by atoms with E-state index in [-0.39, 0.29) is 22.8 Å². The predicted octanol–water partition coefficient (Wildman–Crippen LogP) is 3.45. The van der Waals surface area contributed by atoms with Crippen LogP contribution in [0.2, 0.25) is 0 Å². The zero-order chi connectivity index (χ0) is 21.8. The molecule has 2 amide bonds. The molecule has 1 aliphatic rings. The molecule has 0 spiro atoms. The highest BCUT2D eigenvalue weighted by Crippen LogP contribution is 2.40. The van der Waals surface area contributed by atoms with Gasteiger partial charge in [-0.15, -0.1) is 0 Å². The number of nitriles is 1. The van der Waals surface area contributed by atoms with E-state index in [9.17, 15) is 14.9 Å². The molecule has 0 fully saturated rings. The summed E-state index contributed by atoms with van der Waals surface area (Å²) in [4.78, 5) is 24.6. The number of hydrogen-bond acceptors (Lipinski definition) is 6. The molecule has 4 N–H and O–H groups in total. The summed E-state index contributed by atoms with van der Waals surface area (Å²) in [7, 11) is 0. The first-order valence-corrected chi connectivity index (χ1v) is 10.3. The summed E-state index contributed by atoms with van der Waals surface area (Å²) >= 11 is 1.19. The normalized spacial score (nSPS) is 16.1. The highest BCUT2D eigenvalue weighted by molar-refractivity contribution is 8.03. The second-order valence-electron chi connectivity index (χ2n) is 6.99. The van der Waals surface area contributed by atoms with E-state index in [1.54, 1.807) is 19.1 Å². The molecular weight excluding hydrogens is 400 g/mol. The number of aryl methyl sites for hydroxylation is 2. The Morgan fingerprint density at radius 3 is 2.70 bits per heavy atom. The summed E-state index contributed by atoms with van der Waals surface area (Å²) in [6.45, 7) is 5.59. The molecule has 1 aromatic heterocycles. The molecule has 1 aliphatic heterocycles. The van der Waals surface area contributed by atoms with Crippen LogP contribution in [0.1, 0.15) is 29.7 Å². The third-order valence-corrected chi connectivity index (χ3v) is 5.77. The lowest BCUT2D eigenvalue weighted by atomic mass is 9.86. The summed E-state index contributed by atoms with van der Waals surface area (Å²) in [5.41, 5.74) is 9.43. The number of primary amides is 1. The number of thioether (sulfide) groups is 1. The van der Waals surface area contributed by atoms with Gasteiger partial charge in [0, 0.05) is 11.4 Å². The minimum Gasteiger partial charge on any atom is -0.468 e. The average molecular weight is 423 g/mol. The van der Waals surface area contributed by atoms with E-state index in [0.717, 1.165) is 16.8 Å². The lowest BCUT2D eigenvalue weighted by Crippen LogP contribution is -2.31. The van der Waals surface area contributed by atoms with Crippen LogP contribution in [0.5, 0.6) is 0 Å². The predicted molar refractivity (Wildman–Crippen MR) is 116 cm³/mol. The maximum atomic E-state index is 12.5. The maximum Gasteiger partial charge on any atom is 0.247 e. The van der Waals surface area contributed by atoms with Crippen LogP contribution in [0.3, 0.4) is 0 Å². The van der Waals surface area contributed by atoms with Crippen LogP contribution in [0.4, 0.5) is 5.69 Å². The Balaban J connectivity index is 1.83. The molecule has 7 nitrogen and oxygen atoms in total. The number of hydrogen-bond donors (Lipinski definition) is 3. The minimum absolute atomic E-state index is 0.0882. The van der Waals surface area contributed by atoms with Crippen molar-refractivity contribution in [1.82, 2.24) is 5.32 Å². The number of dihydropyridines is 1. The SMILES string of the molecule is CC1=C(C(N)=O)[C@@H](c2ccco2)C(C#N)=C(SCC(=O)Nc2cc(C)ccc2C)N1. The van der Waals surface area contributed by atoms with Gasteiger partial charge < -0.3 is 20.8 Å².